The molecule has 2 aromatic carbocycles. The normalized spacial score (nSPS) is 10.8. The molecular formula is C22H19FN4O5. The van der Waals surface area contributed by atoms with Gasteiger partial charge in [-0.05, 0) is 54.4 Å². The van der Waals surface area contributed by atoms with E-state index in [0.717, 1.165) is 16.5 Å². The summed E-state index contributed by atoms with van der Waals surface area (Å²) in [5, 5.41) is 7.20. The Hall–Kier alpha value is -4.21. The number of esters is 1. The summed E-state index contributed by atoms with van der Waals surface area (Å²) in [5.74, 6) is -0.778. The van der Waals surface area contributed by atoms with Crippen LogP contribution in [0.25, 0.3) is 10.9 Å². The standard InChI is InChI=1S/C22H19FN4O5/c1-30-22(29)13-2-5-16(6-3-13)31-12-19-26-21(32-27-19)20(28)24-9-8-14-11-25-18-7-4-15(23)10-17(14)18/h2-7,10-11,25H,8-9,12H2,1H3,(H,24,28). The molecule has 2 heterocycles. The lowest BCUT2D eigenvalue weighted by Crippen LogP contribution is -2.26. The summed E-state index contributed by atoms with van der Waals surface area (Å²) in [6.07, 6.45) is 2.29. The monoisotopic (exact) mass is 438 g/mol. The number of benzene rings is 2. The average molecular weight is 438 g/mol. The summed E-state index contributed by atoms with van der Waals surface area (Å²) in [4.78, 5) is 30.8. The van der Waals surface area contributed by atoms with Crippen molar-refractivity contribution < 1.29 is 28.0 Å². The number of rotatable bonds is 8. The van der Waals surface area contributed by atoms with Crippen LogP contribution in [0.2, 0.25) is 0 Å². The topological polar surface area (TPSA) is 119 Å². The van der Waals surface area contributed by atoms with Crippen molar-refractivity contribution in [3.63, 3.8) is 0 Å². The Kier molecular flexibility index (Phi) is 6.11. The van der Waals surface area contributed by atoms with E-state index in [4.69, 9.17) is 9.26 Å². The fourth-order valence-electron chi connectivity index (χ4n) is 3.10. The molecule has 4 rings (SSSR count). The third-order valence-corrected chi connectivity index (χ3v) is 4.72. The van der Waals surface area contributed by atoms with Gasteiger partial charge >= 0.3 is 17.8 Å². The molecule has 0 saturated carbocycles. The molecule has 0 aliphatic heterocycles. The number of carbonyl (C=O) groups excluding carboxylic acids is 2. The summed E-state index contributed by atoms with van der Waals surface area (Å²) in [7, 11) is 1.31. The third kappa shape index (κ3) is 4.75. The van der Waals surface area contributed by atoms with Gasteiger partial charge in [-0.1, -0.05) is 5.16 Å². The number of H-pyrrole nitrogens is 1. The van der Waals surface area contributed by atoms with E-state index in [1.54, 1.807) is 36.5 Å². The number of methoxy groups -OCH3 is 1. The van der Waals surface area contributed by atoms with Crippen molar-refractivity contribution in [1.82, 2.24) is 20.4 Å². The lowest BCUT2D eigenvalue weighted by molar-refractivity contribution is 0.0600. The van der Waals surface area contributed by atoms with E-state index in [9.17, 15) is 14.0 Å². The minimum atomic E-state index is -0.516. The molecule has 0 fully saturated rings. The predicted octanol–water partition coefficient (Wildman–Crippen LogP) is 3.03. The number of aromatic nitrogens is 3. The maximum absolute atomic E-state index is 13.5. The van der Waals surface area contributed by atoms with Crippen LogP contribution >= 0.6 is 0 Å². The highest BCUT2D eigenvalue weighted by atomic mass is 19.1. The van der Waals surface area contributed by atoms with E-state index in [0.29, 0.717) is 24.3 Å². The van der Waals surface area contributed by atoms with E-state index in [2.05, 4.69) is 25.2 Å². The summed E-state index contributed by atoms with van der Waals surface area (Å²) < 4.78 is 28.6. The molecule has 4 aromatic rings. The van der Waals surface area contributed by atoms with Crippen LogP contribution in [0.15, 0.2) is 53.2 Å². The lowest BCUT2D eigenvalue weighted by Gasteiger charge is -2.04. The van der Waals surface area contributed by atoms with Crippen LogP contribution in [0.4, 0.5) is 4.39 Å². The lowest BCUT2D eigenvalue weighted by atomic mass is 10.1. The highest BCUT2D eigenvalue weighted by Crippen LogP contribution is 2.19. The van der Waals surface area contributed by atoms with Gasteiger partial charge in [0.05, 0.1) is 12.7 Å². The maximum atomic E-state index is 13.5. The fraction of sp³-hybridized carbons (Fsp3) is 0.182. The fourth-order valence-corrected chi connectivity index (χ4v) is 3.10. The van der Waals surface area contributed by atoms with Gasteiger partial charge in [0.25, 0.3) is 0 Å². The van der Waals surface area contributed by atoms with Gasteiger partial charge < -0.3 is 24.3 Å². The zero-order valence-corrected chi connectivity index (χ0v) is 17.1. The van der Waals surface area contributed by atoms with Crippen molar-refractivity contribution in [2.75, 3.05) is 13.7 Å². The van der Waals surface area contributed by atoms with Crippen molar-refractivity contribution in [3.8, 4) is 5.75 Å². The second-order valence-electron chi connectivity index (χ2n) is 6.83. The van der Waals surface area contributed by atoms with E-state index in [-0.39, 0.29) is 24.1 Å². The number of aromatic amines is 1. The number of nitrogens with one attached hydrogen (secondary N) is 2. The summed E-state index contributed by atoms with van der Waals surface area (Å²) in [6, 6.07) is 10.9. The second kappa shape index (κ2) is 9.29. The van der Waals surface area contributed by atoms with Crippen molar-refractivity contribution >= 4 is 22.8 Å². The maximum Gasteiger partial charge on any atom is 0.337 e. The van der Waals surface area contributed by atoms with Crippen molar-refractivity contribution in [1.29, 1.82) is 0 Å². The molecule has 0 atom stereocenters. The van der Waals surface area contributed by atoms with E-state index < -0.39 is 11.9 Å². The number of nitrogens with zero attached hydrogens (tertiary/aromatic N) is 2. The highest BCUT2D eigenvalue weighted by Gasteiger charge is 2.16. The number of fused-ring (bicyclic) bond motifs is 1. The summed E-state index contributed by atoms with van der Waals surface area (Å²) in [5.41, 5.74) is 2.11. The quantitative estimate of drug-likeness (QED) is 0.406. The molecule has 0 aliphatic carbocycles. The third-order valence-electron chi connectivity index (χ3n) is 4.72. The van der Waals surface area contributed by atoms with Gasteiger partial charge in [0.15, 0.2) is 6.61 Å². The van der Waals surface area contributed by atoms with E-state index in [1.807, 2.05) is 0 Å². The minimum absolute atomic E-state index is 0.0186. The molecule has 0 bridgehead atoms. The molecule has 0 unspecified atom stereocenters. The number of hydrogen-bond acceptors (Lipinski definition) is 7. The highest BCUT2D eigenvalue weighted by molar-refractivity contribution is 5.90. The summed E-state index contributed by atoms with van der Waals surface area (Å²) >= 11 is 0. The second-order valence-corrected chi connectivity index (χ2v) is 6.83. The molecule has 1 amide bonds. The first-order valence-electron chi connectivity index (χ1n) is 9.71. The first kappa shape index (κ1) is 21.0. The van der Waals surface area contributed by atoms with Crippen molar-refractivity contribution in [2.45, 2.75) is 13.0 Å². The number of amides is 1. The predicted molar refractivity (Wildman–Crippen MR) is 111 cm³/mol. The van der Waals surface area contributed by atoms with Gasteiger partial charge in [-0.25, -0.2) is 9.18 Å². The van der Waals surface area contributed by atoms with Crippen LogP contribution in [-0.4, -0.2) is 40.7 Å². The largest absolute Gasteiger partial charge is 0.485 e. The zero-order valence-electron chi connectivity index (χ0n) is 17.1. The zero-order chi connectivity index (χ0) is 22.5. The number of ether oxygens (including phenoxy) is 2. The Morgan fingerprint density at radius 1 is 1.19 bits per heavy atom. The molecule has 2 aromatic heterocycles. The van der Waals surface area contributed by atoms with Gasteiger partial charge in [0.1, 0.15) is 11.6 Å². The average Bonchev–Trinajstić information content (AvgIpc) is 3.45. The number of halogens is 1. The van der Waals surface area contributed by atoms with Crippen LogP contribution < -0.4 is 10.1 Å². The molecule has 10 heteroatoms. The molecule has 2 N–H and O–H groups in total. The molecule has 0 spiro atoms. The summed E-state index contributed by atoms with van der Waals surface area (Å²) in [6.45, 7) is 0.290. The van der Waals surface area contributed by atoms with Gasteiger partial charge in [0, 0.05) is 23.6 Å². The van der Waals surface area contributed by atoms with Crippen LogP contribution in [0.3, 0.4) is 0 Å². The number of hydrogen-bond donors (Lipinski definition) is 2. The minimum Gasteiger partial charge on any atom is -0.485 e. The Bertz CT molecular complexity index is 1250. The Morgan fingerprint density at radius 2 is 2.00 bits per heavy atom. The molecule has 32 heavy (non-hydrogen) atoms. The molecule has 164 valence electrons. The van der Waals surface area contributed by atoms with E-state index in [1.165, 1.54) is 19.2 Å². The smallest absolute Gasteiger partial charge is 0.337 e. The Balaban J connectivity index is 1.28. The van der Waals surface area contributed by atoms with Crippen LogP contribution in [0, 0.1) is 5.82 Å². The molecule has 9 nitrogen and oxygen atoms in total. The van der Waals surface area contributed by atoms with E-state index >= 15 is 0 Å². The Morgan fingerprint density at radius 3 is 2.78 bits per heavy atom. The van der Waals surface area contributed by atoms with Gasteiger partial charge in [-0.15, -0.1) is 0 Å². The molecular weight excluding hydrogens is 419 g/mol. The van der Waals surface area contributed by atoms with Gasteiger partial charge in [-0.2, -0.15) is 4.98 Å². The molecule has 0 aliphatic rings. The van der Waals surface area contributed by atoms with Crippen molar-refractivity contribution in [2.24, 2.45) is 0 Å². The van der Waals surface area contributed by atoms with Crippen molar-refractivity contribution in [3.05, 3.63) is 77.3 Å². The van der Waals surface area contributed by atoms with Crippen LogP contribution in [0.1, 0.15) is 32.4 Å². The first-order chi connectivity index (χ1) is 15.5. The van der Waals surface area contributed by atoms with Gasteiger partial charge in [-0.3, -0.25) is 4.79 Å². The number of carbonyl (C=O) groups is 2. The first-order valence-corrected chi connectivity index (χ1v) is 9.71. The van der Waals surface area contributed by atoms with Gasteiger partial charge in [0.2, 0.25) is 5.82 Å². The van der Waals surface area contributed by atoms with Crippen LogP contribution in [-0.2, 0) is 17.8 Å². The Labute approximate surface area is 181 Å². The molecule has 0 saturated heterocycles. The van der Waals surface area contributed by atoms with Crippen LogP contribution in [0.5, 0.6) is 5.75 Å². The SMILES string of the molecule is COC(=O)c1ccc(OCc2noc(C(=O)NCCc3c[nH]c4ccc(F)cc34)n2)cc1. The molecule has 0 radical (unpaired) electrons.